The smallest absolute Gasteiger partial charge is 0.228 e. The minimum Gasteiger partial charge on any atom is -0.399 e. The molecule has 5 rings (SSSR count). The molecular formula is C21H26N8O. The van der Waals surface area contributed by atoms with E-state index in [1.807, 2.05) is 0 Å². The van der Waals surface area contributed by atoms with Gasteiger partial charge in [-0.25, -0.2) is 15.0 Å². The van der Waals surface area contributed by atoms with Gasteiger partial charge < -0.3 is 26.0 Å². The maximum atomic E-state index is 6.01. The third-order valence-electron chi connectivity index (χ3n) is 5.96. The van der Waals surface area contributed by atoms with Gasteiger partial charge in [-0.3, -0.25) is 0 Å². The zero-order chi connectivity index (χ0) is 20.7. The van der Waals surface area contributed by atoms with Gasteiger partial charge in [-0.2, -0.15) is 4.98 Å². The van der Waals surface area contributed by atoms with Gasteiger partial charge in [0.1, 0.15) is 5.82 Å². The molecule has 0 amide bonds. The summed E-state index contributed by atoms with van der Waals surface area (Å²) in [6.45, 7) is 5.94. The molecule has 1 aliphatic carbocycles. The summed E-state index contributed by atoms with van der Waals surface area (Å²) in [6.07, 6.45) is 9.39. The van der Waals surface area contributed by atoms with E-state index in [4.69, 9.17) is 26.2 Å². The highest BCUT2D eigenvalue weighted by Crippen LogP contribution is 2.38. The molecule has 2 aliphatic heterocycles. The number of allylic oxidation sites excluding steroid dienone is 1. The van der Waals surface area contributed by atoms with E-state index in [-0.39, 0.29) is 12.0 Å². The number of nitrogens with zero attached hydrogens (tertiary/aromatic N) is 6. The molecule has 2 aromatic heterocycles. The first-order valence-electron chi connectivity index (χ1n) is 10.3. The van der Waals surface area contributed by atoms with Gasteiger partial charge in [0.05, 0.1) is 24.9 Å². The zero-order valence-corrected chi connectivity index (χ0v) is 17.1. The van der Waals surface area contributed by atoms with Crippen molar-refractivity contribution < 1.29 is 4.74 Å². The van der Waals surface area contributed by atoms with Crippen molar-refractivity contribution in [3.63, 3.8) is 0 Å². The number of hydrogen-bond donors (Lipinski definition) is 2. The standard InChI is InChI=1S/C21H26N8O/c1-13-10-15(22)2-3-17(13)29-5-4-16-18(14-11-24-20(23)25-12-14)26-21(27-19(16)29)28-6-8-30-9-7-28/h2,10-12,17H,3-9,22H2,1H3,(H2,23,24,25). The molecule has 0 radical (unpaired) electrons. The summed E-state index contributed by atoms with van der Waals surface area (Å²) >= 11 is 0. The SMILES string of the molecule is CC1=CC(N)=CCC1N1CCc2c(-c3cnc(N)nc3)nc(N3CCOCC3)nc21. The number of ether oxygens (including phenoxy) is 1. The molecule has 2 aromatic rings. The van der Waals surface area contributed by atoms with Gasteiger partial charge in [0.15, 0.2) is 0 Å². The van der Waals surface area contributed by atoms with Crippen LogP contribution in [0.3, 0.4) is 0 Å². The van der Waals surface area contributed by atoms with E-state index in [1.165, 1.54) is 5.57 Å². The molecule has 0 aromatic carbocycles. The Morgan fingerprint density at radius 3 is 2.57 bits per heavy atom. The fourth-order valence-corrected chi connectivity index (χ4v) is 4.40. The second-order valence-corrected chi connectivity index (χ2v) is 7.89. The Hall–Kier alpha value is -3.20. The lowest BCUT2D eigenvalue weighted by molar-refractivity contribution is 0.122. The van der Waals surface area contributed by atoms with Crippen LogP contribution in [0.25, 0.3) is 11.3 Å². The first-order valence-corrected chi connectivity index (χ1v) is 10.3. The first kappa shape index (κ1) is 18.8. The minimum atomic E-state index is 0.251. The number of hydrogen-bond acceptors (Lipinski definition) is 9. The fourth-order valence-electron chi connectivity index (χ4n) is 4.40. The molecule has 30 heavy (non-hydrogen) atoms. The lowest BCUT2D eigenvalue weighted by Gasteiger charge is -2.33. The van der Waals surface area contributed by atoms with Gasteiger partial charge in [0, 0.05) is 48.9 Å². The third kappa shape index (κ3) is 3.35. The molecule has 1 fully saturated rings. The molecule has 156 valence electrons. The third-order valence-corrected chi connectivity index (χ3v) is 5.96. The molecule has 0 bridgehead atoms. The van der Waals surface area contributed by atoms with E-state index in [9.17, 15) is 0 Å². The van der Waals surface area contributed by atoms with Crippen molar-refractivity contribution in [1.82, 2.24) is 19.9 Å². The van der Waals surface area contributed by atoms with Gasteiger partial charge in [-0.1, -0.05) is 6.08 Å². The average Bonchev–Trinajstić information content (AvgIpc) is 3.18. The first-order chi connectivity index (χ1) is 14.6. The number of anilines is 3. The van der Waals surface area contributed by atoms with Crippen molar-refractivity contribution in [1.29, 1.82) is 0 Å². The van der Waals surface area contributed by atoms with E-state index in [1.54, 1.807) is 12.4 Å². The predicted octanol–water partition coefficient (Wildman–Crippen LogP) is 1.28. The minimum absolute atomic E-state index is 0.251. The van der Waals surface area contributed by atoms with Crippen molar-refractivity contribution in [3.8, 4) is 11.3 Å². The molecule has 4 N–H and O–H groups in total. The summed E-state index contributed by atoms with van der Waals surface area (Å²) in [5.74, 6) is 1.97. The fraction of sp³-hybridized carbons (Fsp3) is 0.429. The summed E-state index contributed by atoms with van der Waals surface area (Å²) < 4.78 is 5.52. The molecule has 9 heteroatoms. The Morgan fingerprint density at radius 1 is 1.07 bits per heavy atom. The molecule has 4 heterocycles. The van der Waals surface area contributed by atoms with E-state index < -0.39 is 0 Å². The number of nitrogen functional groups attached to an aromatic ring is 1. The maximum absolute atomic E-state index is 6.01. The van der Waals surface area contributed by atoms with Crippen LogP contribution in [0.4, 0.5) is 17.7 Å². The Kier molecular flexibility index (Phi) is 4.74. The topological polar surface area (TPSA) is 119 Å². The van der Waals surface area contributed by atoms with E-state index in [0.29, 0.717) is 13.2 Å². The van der Waals surface area contributed by atoms with Gasteiger partial charge in [-0.05, 0) is 31.4 Å². The monoisotopic (exact) mass is 406 g/mol. The van der Waals surface area contributed by atoms with Crippen LogP contribution in [0.1, 0.15) is 18.9 Å². The van der Waals surface area contributed by atoms with Crippen LogP contribution in [0.2, 0.25) is 0 Å². The lowest BCUT2D eigenvalue weighted by atomic mass is 9.97. The molecule has 9 nitrogen and oxygen atoms in total. The van der Waals surface area contributed by atoms with Crippen molar-refractivity contribution in [2.45, 2.75) is 25.8 Å². The Labute approximate surface area is 175 Å². The molecule has 3 aliphatic rings. The second-order valence-electron chi connectivity index (χ2n) is 7.89. The average molecular weight is 406 g/mol. The summed E-state index contributed by atoms with van der Waals surface area (Å²) in [5.41, 5.74) is 16.7. The summed E-state index contributed by atoms with van der Waals surface area (Å²) in [7, 11) is 0. The Balaban J connectivity index is 1.60. The van der Waals surface area contributed by atoms with Crippen molar-refractivity contribution in [2.75, 3.05) is 48.4 Å². The summed E-state index contributed by atoms with van der Waals surface area (Å²) in [4.78, 5) is 22.9. The van der Waals surface area contributed by atoms with Crippen molar-refractivity contribution >= 4 is 17.7 Å². The van der Waals surface area contributed by atoms with Gasteiger partial charge in [0.2, 0.25) is 11.9 Å². The molecular weight excluding hydrogens is 380 g/mol. The van der Waals surface area contributed by atoms with Crippen LogP contribution in [0.15, 0.2) is 35.8 Å². The molecule has 0 spiro atoms. The van der Waals surface area contributed by atoms with Crippen LogP contribution in [0.5, 0.6) is 0 Å². The van der Waals surface area contributed by atoms with Gasteiger partial charge in [0.25, 0.3) is 0 Å². The molecule has 1 saturated heterocycles. The molecule has 1 atom stereocenters. The zero-order valence-electron chi connectivity index (χ0n) is 17.1. The van der Waals surface area contributed by atoms with Crippen LogP contribution < -0.4 is 21.3 Å². The van der Waals surface area contributed by atoms with E-state index >= 15 is 0 Å². The largest absolute Gasteiger partial charge is 0.399 e. The van der Waals surface area contributed by atoms with Crippen LogP contribution in [-0.2, 0) is 11.2 Å². The Bertz CT molecular complexity index is 1010. The maximum Gasteiger partial charge on any atom is 0.228 e. The van der Waals surface area contributed by atoms with Gasteiger partial charge in [-0.15, -0.1) is 0 Å². The highest BCUT2D eigenvalue weighted by Gasteiger charge is 2.33. The van der Waals surface area contributed by atoms with E-state index in [2.05, 4.69) is 38.8 Å². The van der Waals surface area contributed by atoms with Crippen molar-refractivity contribution in [2.24, 2.45) is 5.73 Å². The number of rotatable bonds is 3. The predicted molar refractivity (Wildman–Crippen MR) is 116 cm³/mol. The van der Waals surface area contributed by atoms with Crippen molar-refractivity contribution in [3.05, 3.63) is 41.4 Å². The quantitative estimate of drug-likeness (QED) is 0.776. The lowest BCUT2D eigenvalue weighted by Crippen LogP contribution is -2.39. The van der Waals surface area contributed by atoms with Gasteiger partial charge >= 0.3 is 0 Å². The number of aromatic nitrogens is 4. The molecule has 0 saturated carbocycles. The van der Waals surface area contributed by atoms with Crippen LogP contribution in [-0.4, -0.2) is 58.8 Å². The molecule has 1 unspecified atom stereocenters. The number of morpholine rings is 1. The van der Waals surface area contributed by atoms with Crippen LogP contribution in [0, 0.1) is 0 Å². The summed E-state index contributed by atoms with van der Waals surface area (Å²) in [5, 5.41) is 0. The second kappa shape index (κ2) is 7.56. The highest BCUT2D eigenvalue weighted by molar-refractivity contribution is 5.73. The number of nitrogens with two attached hydrogens (primary N) is 2. The highest BCUT2D eigenvalue weighted by atomic mass is 16.5. The number of fused-ring (bicyclic) bond motifs is 1. The normalized spacial score (nSPS) is 21.3. The van der Waals surface area contributed by atoms with Crippen LogP contribution >= 0.6 is 0 Å². The summed E-state index contributed by atoms with van der Waals surface area (Å²) in [6, 6.07) is 0.251. The Morgan fingerprint density at radius 2 is 1.83 bits per heavy atom. The van der Waals surface area contributed by atoms with E-state index in [0.717, 1.165) is 66.8 Å².